The molecular weight excluding hydrogens is 241 g/mol. The van der Waals surface area contributed by atoms with Crippen LogP contribution in [0.2, 0.25) is 5.02 Å². The minimum atomic E-state index is -0.278. The van der Waals surface area contributed by atoms with Crippen molar-refractivity contribution in [2.75, 3.05) is 6.54 Å². The molecule has 0 saturated heterocycles. The summed E-state index contributed by atoms with van der Waals surface area (Å²) in [4.78, 5) is 7.23. The number of imidazole rings is 1. The maximum absolute atomic E-state index is 13.5. The van der Waals surface area contributed by atoms with Crippen molar-refractivity contribution in [2.24, 2.45) is 5.73 Å². The second kappa shape index (κ2) is 4.85. The van der Waals surface area contributed by atoms with Crippen LogP contribution < -0.4 is 5.73 Å². The summed E-state index contributed by atoms with van der Waals surface area (Å²) in [6.45, 7) is 2.20. The Morgan fingerprint density at radius 1 is 1.47 bits per heavy atom. The smallest absolute Gasteiger partial charge is 0.126 e. The number of nitrogens with zero attached hydrogens (tertiary/aromatic N) is 1. The Morgan fingerprint density at radius 2 is 2.24 bits per heavy atom. The van der Waals surface area contributed by atoms with Crippen LogP contribution in [0.4, 0.5) is 4.39 Å². The Morgan fingerprint density at radius 3 is 2.94 bits per heavy atom. The molecular formula is C12H13ClFN3. The molecule has 90 valence electrons. The Bertz CT molecular complexity index is 537. The number of aromatic nitrogens is 2. The van der Waals surface area contributed by atoms with Crippen LogP contribution in [0.3, 0.4) is 0 Å². The van der Waals surface area contributed by atoms with Gasteiger partial charge in [-0.2, -0.15) is 0 Å². The van der Waals surface area contributed by atoms with E-state index < -0.39 is 0 Å². The fourth-order valence-electron chi connectivity index (χ4n) is 1.62. The molecule has 0 unspecified atom stereocenters. The number of aryl methyl sites for hydroxylation is 1. The van der Waals surface area contributed by atoms with E-state index in [9.17, 15) is 4.39 Å². The number of H-pyrrole nitrogens is 1. The van der Waals surface area contributed by atoms with Crippen molar-refractivity contribution in [3.05, 3.63) is 40.6 Å². The number of benzene rings is 1. The maximum atomic E-state index is 13.5. The van der Waals surface area contributed by atoms with E-state index in [0.29, 0.717) is 34.8 Å². The fourth-order valence-corrected chi connectivity index (χ4v) is 1.94. The maximum Gasteiger partial charge on any atom is 0.126 e. The highest BCUT2D eigenvalue weighted by atomic mass is 35.5. The summed E-state index contributed by atoms with van der Waals surface area (Å²) >= 11 is 6.08. The lowest BCUT2D eigenvalue weighted by Gasteiger charge is -2.04. The molecule has 0 aliphatic rings. The van der Waals surface area contributed by atoms with Gasteiger partial charge in [-0.15, -0.1) is 0 Å². The number of halogens is 2. The third kappa shape index (κ3) is 2.48. The first-order valence-electron chi connectivity index (χ1n) is 5.31. The predicted octanol–water partition coefficient (Wildman–Crippen LogP) is 2.68. The van der Waals surface area contributed by atoms with Crippen LogP contribution in [0.5, 0.6) is 0 Å². The van der Waals surface area contributed by atoms with Crippen molar-refractivity contribution in [1.29, 1.82) is 0 Å². The molecule has 0 amide bonds. The number of hydrogen-bond donors (Lipinski definition) is 2. The van der Waals surface area contributed by atoms with Crippen LogP contribution in [0.1, 0.15) is 11.4 Å². The molecule has 3 N–H and O–H groups in total. The molecule has 0 radical (unpaired) electrons. The Labute approximate surface area is 104 Å². The molecule has 0 aliphatic carbocycles. The molecule has 0 atom stereocenters. The lowest BCUT2D eigenvalue weighted by molar-refractivity contribution is 0.619. The zero-order valence-corrected chi connectivity index (χ0v) is 10.2. The number of nitrogens with one attached hydrogen (secondary N) is 1. The van der Waals surface area contributed by atoms with E-state index in [-0.39, 0.29) is 5.82 Å². The quantitative estimate of drug-likeness (QED) is 0.884. The monoisotopic (exact) mass is 253 g/mol. The molecule has 0 saturated carbocycles. The van der Waals surface area contributed by atoms with Gasteiger partial charge >= 0.3 is 0 Å². The first-order chi connectivity index (χ1) is 8.11. The molecule has 2 rings (SSSR count). The average molecular weight is 254 g/mol. The van der Waals surface area contributed by atoms with Crippen molar-refractivity contribution in [1.82, 2.24) is 9.97 Å². The normalized spacial score (nSPS) is 10.8. The molecule has 17 heavy (non-hydrogen) atoms. The number of aromatic amines is 1. The van der Waals surface area contributed by atoms with Gasteiger partial charge in [0.05, 0.1) is 16.9 Å². The topological polar surface area (TPSA) is 54.7 Å². The van der Waals surface area contributed by atoms with Crippen LogP contribution in [-0.2, 0) is 6.42 Å². The minimum Gasteiger partial charge on any atom is -0.342 e. The lowest BCUT2D eigenvalue weighted by Crippen LogP contribution is -2.03. The van der Waals surface area contributed by atoms with E-state index in [0.717, 1.165) is 5.82 Å². The van der Waals surface area contributed by atoms with E-state index in [4.69, 9.17) is 17.3 Å². The van der Waals surface area contributed by atoms with Gasteiger partial charge in [0.15, 0.2) is 0 Å². The highest BCUT2D eigenvalue weighted by Crippen LogP contribution is 2.29. The molecule has 5 heteroatoms. The van der Waals surface area contributed by atoms with Gasteiger partial charge in [0.2, 0.25) is 0 Å². The van der Waals surface area contributed by atoms with Crippen LogP contribution >= 0.6 is 11.6 Å². The van der Waals surface area contributed by atoms with Gasteiger partial charge in [-0.3, -0.25) is 0 Å². The summed E-state index contributed by atoms with van der Waals surface area (Å²) in [7, 11) is 0. The van der Waals surface area contributed by atoms with Gasteiger partial charge in [0.1, 0.15) is 11.6 Å². The van der Waals surface area contributed by atoms with E-state index in [1.54, 1.807) is 19.2 Å². The highest BCUT2D eigenvalue weighted by molar-refractivity contribution is 6.33. The van der Waals surface area contributed by atoms with Crippen LogP contribution in [0.15, 0.2) is 18.3 Å². The first-order valence-corrected chi connectivity index (χ1v) is 5.69. The van der Waals surface area contributed by atoms with Gasteiger partial charge < -0.3 is 10.7 Å². The zero-order chi connectivity index (χ0) is 12.4. The van der Waals surface area contributed by atoms with Crippen molar-refractivity contribution in [2.45, 2.75) is 13.3 Å². The van der Waals surface area contributed by atoms with Crippen molar-refractivity contribution in [3.63, 3.8) is 0 Å². The van der Waals surface area contributed by atoms with Gasteiger partial charge in [-0.1, -0.05) is 11.6 Å². The van der Waals surface area contributed by atoms with E-state index in [2.05, 4.69) is 9.97 Å². The number of rotatable bonds is 3. The third-order valence-corrected chi connectivity index (χ3v) is 2.86. The van der Waals surface area contributed by atoms with Crippen molar-refractivity contribution in [3.8, 4) is 11.3 Å². The predicted molar refractivity (Wildman–Crippen MR) is 66.5 cm³/mol. The Hall–Kier alpha value is -1.39. The van der Waals surface area contributed by atoms with Crippen LogP contribution in [0.25, 0.3) is 11.3 Å². The molecule has 3 nitrogen and oxygen atoms in total. The molecule has 1 aromatic carbocycles. The molecule has 0 spiro atoms. The number of hydrogen-bond acceptors (Lipinski definition) is 2. The summed E-state index contributed by atoms with van der Waals surface area (Å²) in [6, 6.07) is 3.02. The third-order valence-electron chi connectivity index (χ3n) is 2.55. The second-order valence-corrected chi connectivity index (χ2v) is 4.27. The van der Waals surface area contributed by atoms with Crippen molar-refractivity contribution < 1.29 is 4.39 Å². The lowest BCUT2D eigenvalue weighted by atomic mass is 10.1. The Balaban J connectivity index is 2.41. The standard InChI is InChI=1S/C12H13ClFN3/c1-7-4-9(13)8(5-10(7)14)11-6-16-12(17-11)2-3-15/h4-6H,2-3,15H2,1H3,(H,16,17). The first kappa shape index (κ1) is 12.1. The molecule has 0 fully saturated rings. The summed E-state index contributed by atoms with van der Waals surface area (Å²) in [6.07, 6.45) is 2.30. The van der Waals surface area contributed by atoms with Gasteiger partial charge in [-0.25, -0.2) is 9.37 Å². The number of nitrogens with two attached hydrogens (primary N) is 1. The van der Waals surface area contributed by atoms with Gasteiger partial charge in [0, 0.05) is 12.0 Å². The summed E-state index contributed by atoms with van der Waals surface area (Å²) in [5.74, 6) is 0.499. The van der Waals surface area contributed by atoms with E-state index in [1.807, 2.05) is 0 Å². The summed E-state index contributed by atoms with van der Waals surface area (Å²) < 4.78 is 13.5. The van der Waals surface area contributed by atoms with E-state index in [1.165, 1.54) is 6.07 Å². The Kier molecular flexibility index (Phi) is 3.45. The average Bonchev–Trinajstić information content (AvgIpc) is 2.72. The minimum absolute atomic E-state index is 0.278. The van der Waals surface area contributed by atoms with Crippen molar-refractivity contribution >= 4 is 11.6 Å². The van der Waals surface area contributed by atoms with Crippen LogP contribution in [-0.4, -0.2) is 16.5 Å². The molecule has 2 aromatic rings. The van der Waals surface area contributed by atoms with Gasteiger partial charge in [0.25, 0.3) is 0 Å². The summed E-state index contributed by atoms with van der Waals surface area (Å²) in [5, 5.41) is 0.506. The zero-order valence-electron chi connectivity index (χ0n) is 9.43. The largest absolute Gasteiger partial charge is 0.342 e. The van der Waals surface area contributed by atoms with Gasteiger partial charge in [-0.05, 0) is 31.2 Å². The van der Waals surface area contributed by atoms with Crippen LogP contribution in [0, 0.1) is 12.7 Å². The second-order valence-electron chi connectivity index (χ2n) is 3.86. The summed E-state index contributed by atoms with van der Waals surface area (Å²) in [5.41, 5.74) is 7.29. The molecule has 1 aromatic heterocycles. The highest BCUT2D eigenvalue weighted by Gasteiger charge is 2.10. The molecule has 0 bridgehead atoms. The molecule has 1 heterocycles. The fraction of sp³-hybridized carbons (Fsp3) is 0.250. The SMILES string of the molecule is Cc1cc(Cl)c(-c2cnc(CCN)[nH]2)cc1F. The van der Waals surface area contributed by atoms with E-state index >= 15 is 0 Å². The molecule has 0 aliphatic heterocycles.